The van der Waals surface area contributed by atoms with Crippen molar-refractivity contribution in [3.63, 3.8) is 0 Å². The molecule has 0 fully saturated rings. The molecule has 0 unspecified atom stereocenters. The van der Waals surface area contributed by atoms with Crippen LogP contribution in [0.4, 0.5) is 0 Å². The van der Waals surface area contributed by atoms with E-state index in [9.17, 15) is 9.59 Å². The minimum atomic E-state index is -0.588. The van der Waals surface area contributed by atoms with E-state index in [1.165, 1.54) is 26.6 Å². The lowest BCUT2D eigenvalue weighted by Gasteiger charge is -1.97. The van der Waals surface area contributed by atoms with E-state index in [0.717, 1.165) is 10.8 Å². The largest absolute Gasteiger partial charge is 0.466 e. The number of hydrogen-bond acceptors (Lipinski definition) is 6. The number of nitrogens with zero attached hydrogens (tertiary/aromatic N) is 3. The second-order valence-electron chi connectivity index (χ2n) is 2.39. The summed E-state index contributed by atoms with van der Waals surface area (Å²) in [7, 11) is 2.49. The molecule has 1 rings (SSSR count). The van der Waals surface area contributed by atoms with Gasteiger partial charge in [-0.3, -0.25) is 0 Å². The molecule has 7 heteroatoms. The van der Waals surface area contributed by atoms with Gasteiger partial charge < -0.3 is 9.47 Å². The molecule has 0 aromatic carbocycles. The van der Waals surface area contributed by atoms with Gasteiger partial charge >= 0.3 is 11.9 Å². The Balaban J connectivity index is 2.86. The van der Waals surface area contributed by atoms with Gasteiger partial charge in [-0.15, -0.1) is 5.10 Å². The van der Waals surface area contributed by atoms with Crippen molar-refractivity contribution in [2.24, 2.45) is 0 Å². The number of aromatic nitrogens is 3. The molecule has 1 heterocycles. The Morgan fingerprint density at radius 3 is 2.73 bits per heavy atom. The molecule has 0 bridgehead atoms. The molecular formula is C8H9N3O4. The molecule has 1 aromatic rings. The summed E-state index contributed by atoms with van der Waals surface area (Å²) >= 11 is 0. The molecule has 0 N–H and O–H groups in total. The van der Waals surface area contributed by atoms with Gasteiger partial charge in [-0.05, 0) is 0 Å². The molecule has 15 heavy (non-hydrogen) atoms. The molecule has 0 saturated carbocycles. The van der Waals surface area contributed by atoms with Crippen molar-refractivity contribution in [1.29, 1.82) is 0 Å². The van der Waals surface area contributed by atoms with Crippen molar-refractivity contribution < 1.29 is 19.1 Å². The summed E-state index contributed by atoms with van der Waals surface area (Å²) in [5, 5.41) is 7.07. The SMILES string of the molecule is COC(=O)/C=C\n1nncc1C(=O)OC. The molecule has 0 aliphatic heterocycles. The summed E-state index contributed by atoms with van der Waals surface area (Å²) < 4.78 is 9.96. The third-order valence-corrected chi connectivity index (χ3v) is 1.52. The van der Waals surface area contributed by atoms with Gasteiger partial charge in [0.1, 0.15) is 0 Å². The zero-order valence-corrected chi connectivity index (χ0v) is 8.21. The molecule has 80 valence electrons. The topological polar surface area (TPSA) is 83.3 Å². The quantitative estimate of drug-likeness (QED) is 0.504. The average molecular weight is 211 g/mol. The van der Waals surface area contributed by atoms with Crippen LogP contribution in [0.5, 0.6) is 0 Å². The maximum atomic E-state index is 11.1. The van der Waals surface area contributed by atoms with Gasteiger partial charge in [0, 0.05) is 12.3 Å². The van der Waals surface area contributed by atoms with Gasteiger partial charge in [0.25, 0.3) is 0 Å². The first-order valence-electron chi connectivity index (χ1n) is 3.93. The van der Waals surface area contributed by atoms with Crippen LogP contribution in [0, 0.1) is 0 Å². The zero-order chi connectivity index (χ0) is 11.3. The first-order chi connectivity index (χ1) is 7.19. The number of rotatable bonds is 3. The van der Waals surface area contributed by atoms with Crippen LogP contribution >= 0.6 is 0 Å². The molecule has 0 spiro atoms. The maximum absolute atomic E-state index is 11.1. The van der Waals surface area contributed by atoms with E-state index in [-0.39, 0.29) is 5.69 Å². The summed E-state index contributed by atoms with van der Waals surface area (Å²) in [6, 6.07) is 0. The van der Waals surface area contributed by atoms with Crippen LogP contribution in [0.1, 0.15) is 10.5 Å². The number of carbonyl (C=O) groups excluding carboxylic acids is 2. The summed E-state index contributed by atoms with van der Waals surface area (Å²) in [5.74, 6) is -1.14. The van der Waals surface area contributed by atoms with Gasteiger partial charge in [-0.1, -0.05) is 5.21 Å². The van der Waals surface area contributed by atoms with Gasteiger partial charge in [0.2, 0.25) is 0 Å². The Morgan fingerprint density at radius 2 is 2.13 bits per heavy atom. The zero-order valence-electron chi connectivity index (χ0n) is 8.21. The van der Waals surface area contributed by atoms with Gasteiger partial charge in [-0.25, -0.2) is 14.3 Å². The Bertz CT molecular complexity index is 396. The van der Waals surface area contributed by atoms with E-state index < -0.39 is 11.9 Å². The van der Waals surface area contributed by atoms with Crippen molar-refractivity contribution >= 4 is 18.1 Å². The summed E-state index contributed by atoms with van der Waals surface area (Å²) in [4.78, 5) is 21.9. The van der Waals surface area contributed by atoms with E-state index in [4.69, 9.17) is 0 Å². The summed E-state index contributed by atoms with van der Waals surface area (Å²) in [6.07, 6.45) is 3.60. The highest BCUT2D eigenvalue weighted by Crippen LogP contribution is 1.99. The molecule has 0 aliphatic carbocycles. The van der Waals surface area contributed by atoms with Crippen LogP contribution in [-0.4, -0.2) is 41.2 Å². The first kappa shape index (κ1) is 10.9. The van der Waals surface area contributed by atoms with Crippen molar-refractivity contribution in [2.75, 3.05) is 14.2 Å². The van der Waals surface area contributed by atoms with Crippen LogP contribution in [-0.2, 0) is 14.3 Å². The predicted octanol–water partition coefficient (Wildman–Crippen LogP) is -0.292. The van der Waals surface area contributed by atoms with Crippen LogP contribution in [0.2, 0.25) is 0 Å². The minimum Gasteiger partial charge on any atom is -0.466 e. The van der Waals surface area contributed by atoms with E-state index in [2.05, 4.69) is 19.8 Å². The number of hydrogen-bond donors (Lipinski definition) is 0. The molecule has 1 aromatic heterocycles. The smallest absolute Gasteiger partial charge is 0.358 e. The first-order valence-corrected chi connectivity index (χ1v) is 3.93. The maximum Gasteiger partial charge on any atom is 0.358 e. The normalized spacial score (nSPS) is 10.3. The molecule has 0 radical (unpaired) electrons. The fourth-order valence-corrected chi connectivity index (χ4v) is 0.804. The lowest BCUT2D eigenvalue weighted by molar-refractivity contribution is -0.134. The van der Waals surface area contributed by atoms with Crippen molar-refractivity contribution in [3.05, 3.63) is 18.0 Å². The van der Waals surface area contributed by atoms with Crippen LogP contribution in [0.3, 0.4) is 0 Å². The van der Waals surface area contributed by atoms with Gasteiger partial charge in [0.15, 0.2) is 5.69 Å². The fraction of sp³-hybridized carbons (Fsp3) is 0.250. The number of methoxy groups -OCH3 is 2. The highest BCUT2D eigenvalue weighted by atomic mass is 16.5. The predicted molar refractivity (Wildman–Crippen MR) is 48.7 cm³/mol. The number of ether oxygens (including phenoxy) is 2. The fourth-order valence-electron chi connectivity index (χ4n) is 0.804. The van der Waals surface area contributed by atoms with Gasteiger partial charge in [-0.2, -0.15) is 0 Å². The Labute approximate surface area is 85.3 Å². The van der Waals surface area contributed by atoms with Gasteiger partial charge in [0.05, 0.1) is 20.4 Å². The molecular weight excluding hydrogens is 202 g/mol. The van der Waals surface area contributed by atoms with E-state index in [1.807, 2.05) is 0 Å². The lowest BCUT2D eigenvalue weighted by atomic mass is 10.5. The molecule has 0 aliphatic rings. The molecule has 7 nitrogen and oxygen atoms in total. The van der Waals surface area contributed by atoms with Crippen LogP contribution in [0.15, 0.2) is 12.3 Å². The van der Waals surface area contributed by atoms with Crippen molar-refractivity contribution in [2.45, 2.75) is 0 Å². The lowest BCUT2D eigenvalue weighted by Crippen LogP contribution is -2.08. The summed E-state index contributed by atoms with van der Waals surface area (Å²) in [6.45, 7) is 0. The summed E-state index contributed by atoms with van der Waals surface area (Å²) in [5.41, 5.74) is 0.123. The Morgan fingerprint density at radius 1 is 1.40 bits per heavy atom. The minimum absolute atomic E-state index is 0.123. The van der Waals surface area contributed by atoms with E-state index in [0.29, 0.717) is 0 Å². The van der Waals surface area contributed by atoms with E-state index in [1.54, 1.807) is 0 Å². The Hall–Kier alpha value is -2.18. The highest BCUT2D eigenvalue weighted by Gasteiger charge is 2.11. The van der Waals surface area contributed by atoms with E-state index >= 15 is 0 Å². The third kappa shape index (κ3) is 2.63. The second kappa shape index (κ2) is 4.89. The standard InChI is InChI=1S/C8H9N3O4/c1-14-7(12)3-4-11-6(5-9-10-11)8(13)15-2/h3-5H,1-2H3/b4-3-. The Kier molecular flexibility index (Phi) is 3.55. The third-order valence-electron chi connectivity index (χ3n) is 1.52. The highest BCUT2D eigenvalue weighted by molar-refractivity contribution is 5.89. The monoisotopic (exact) mass is 211 g/mol. The molecule has 0 atom stereocenters. The molecule has 0 saturated heterocycles. The van der Waals surface area contributed by atoms with Crippen molar-refractivity contribution in [1.82, 2.24) is 15.0 Å². The van der Waals surface area contributed by atoms with Crippen LogP contribution < -0.4 is 0 Å². The molecule has 0 amide bonds. The van der Waals surface area contributed by atoms with Crippen LogP contribution in [0.25, 0.3) is 6.20 Å². The average Bonchev–Trinajstić information content (AvgIpc) is 2.72. The number of carbonyl (C=O) groups is 2. The van der Waals surface area contributed by atoms with Crippen molar-refractivity contribution in [3.8, 4) is 0 Å². The second-order valence-corrected chi connectivity index (χ2v) is 2.39. The number of esters is 2.